The second-order valence-electron chi connectivity index (χ2n) is 4.15. The summed E-state index contributed by atoms with van der Waals surface area (Å²) in [6.45, 7) is 4.01. The van der Waals surface area contributed by atoms with Crippen molar-refractivity contribution in [2.24, 2.45) is 0 Å². The maximum absolute atomic E-state index is 11.9. The van der Waals surface area contributed by atoms with E-state index in [4.69, 9.17) is 14.7 Å². The molecule has 0 bridgehead atoms. The van der Waals surface area contributed by atoms with Crippen LogP contribution in [0.1, 0.15) is 25.0 Å². The second-order valence-corrected chi connectivity index (χ2v) is 4.15. The molecule has 0 aliphatic rings. The molecule has 21 heavy (non-hydrogen) atoms. The third kappa shape index (κ3) is 5.21. The lowest BCUT2D eigenvalue weighted by molar-refractivity contribution is -0.141. The Hall–Kier alpha value is -2.45. The molecule has 0 aliphatic carbocycles. The minimum Gasteiger partial charge on any atom is -0.460 e. The van der Waals surface area contributed by atoms with Crippen LogP contribution in [0.5, 0.6) is 0 Å². The van der Waals surface area contributed by atoms with E-state index in [1.807, 2.05) is 13.0 Å². The average Bonchev–Trinajstić information content (AvgIpc) is 2.49. The first-order valence-electron chi connectivity index (χ1n) is 6.56. The number of carbonyl (C=O) groups is 2. The summed E-state index contributed by atoms with van der Waals surface area (Å²) in [7, 11) is 0. The molecule has 0 heterocycles. The summed E-state index contributed by atoms with van der Waals surface area (Å²) in [5, 5.41) is 9.01. The van der Waals surface area contributed by atoms with Gasteiger partial charge in [0.05, 0.1) is 18.2 Å². The Bertz CT molecular complexity index is 584. The maximum atomic E-state index is 11.9. The average molecular weight is 287 g/mol. The Labute approximate surface area is 123 Å². The number of rotatable bonds is 7. The quantitative estimate of drug-likeness (QED) is 0.252. The number of benzene rings is 1. The molecule has 0 spiro atoms. The number of hydrogen-bond acceptors (Lipinski definition) is 5. The third-order valence-electron chi connectivity index (χ3n) is 2.65. The number of esters is 1. The highest BCUT2D eigenvalue weighted by molar-refractivity contribution is 6.19. The van der Waals surface area contributed by atoms with Gasteiger partial charge in [-0.3, -0.25) is 4.79 Å². The molecule has 110 valence electrons. The summed E-state index contributed by atoms with van der Waals surface area (Å²) < 4.78 is 10.0. The van der Waals surface area contributed by atoms with Crippen LogP contribution in [0.3, 0.4) is 0 Å². The molecule has 5 heteroatoms. The minimum atomic E-state index is -0.713. The number of carbonyl (C=O) groups excluding carboxylic acids is 2. The highest BCUT2D eigenvalue weighted by atomic mass is 16.6. The standard InChI is InChI=1S/C16H17NO4/c1-3-20-8-9-21-16(19)15(12(2)18)10-13-6-4-5-7-14(13)11-17/h4-7,10H,3,8-9H2,1-2H3. The fraction of sp³-hybridized carbons (Fsp3) is 0.312. The van der Waals surface area contributed by atoms with Crippen LogP contribution < -0.4 is 0 Å². The van der Waals surface area contributed by atoms with Crippen molar-refractivity contribution in [3.63, 3.8) is 0 Å². The summed E-state index contributed by atoms with van der Waals surface area (Å²) >= 11 is 0. The van der Waals surface area contributed by atoms with E-state index < -0.39 is 11.8 Å². The molecular formula is C16H17NO4. The summed E-state index contributed by atoms with van der Waals surface area (Å²) in [4.78, 5) is 23.5. The van der Waals surface area contributed by atoms with Crippen LogP contribution in [0.4, 0.5) is 0 Å². The van der Waals surface area contributed by atoms with Gasteiger partial charge in [-0.15, -0.1) is 0 Å². The molecule has 1 rings (SSSR count). The van der Waals surface area contributed by atoms with Gasteiger partial charge in [-0.05, 0) is 31.6 Å². The van der Waals surface area contributed by atoms with Crippen molar-refractivity contribution in [1.82, 2.24) is 0 Å². The minimum absolute atomic E-state index is 0.0805. The van der Waals surface area contributed by atoms with E-state index in [-0.39, 0.29) is 18.8 Å². The molecular weight excluding hydrogens is 270 g/mol. The normalized spacial score (nSPS) is 10.8. The van der Waals surface area contributed by atoms with Gasteiger partial charge < -0.3 is 9.47 Å². The monoisotopic (exact) mass is 287 g/mol. The number of hydrogen-bond donors (Lipinski definition) is 0. The highest BCUT2D eigenvalue weighted by Crippen LogP contribution is 2.14. The number of nitriles is 1. The highest BCUT2D eigenvalue weighted by Gasteiger charge is 2.16. The lowest BCUT2D eigenvalue weighted by atomic mass is 10.0. The fourth-order valence-corrected chi connectivity index (χ4v) is 1.60. The van der Waals surface area contributed by atoms with E-state index in [1.165, 1.54) is 13.0 Å². The number of nitrogens with zero attached hydrogens (tertiary/aromatic N) is 1. The molecule has 0 aliphatic heterocycles. The smallest absolute Gasteiger partial charge is 0.341 e. The van der Waals surface area contributed by atoms with Crippen LogP contribution >= 0.6 is 0 Å². The zero-order valence-corrected chi connectivity index (χ0v) is 12.1. The summed E-state index contributed by atoms with van der Waals surface area (Å²) in [5.41, 5.74) is 0.805. The topological polar surface area (TPSA) is 76.4 Å². The maximum Gasteiger partial charge on any atom is 0.341 e. The zero-order chi connectivity index (χ0) is 15.7. The Balaban J connectivity index is 2.91. The first-order valence-corrected chi connectivity index (χ1v) is 6.56. The molecule has 0 N–H and O–H groups in total. The van der Waals surface area contributed by atoms with Gasteiger partial charge in [-0.2, -0.15) is 5.26 Å². The predicted octanol–water partition coefficient (Wildman–Crippen LogP) is 2.11. The lowest BCUT2D eigenvalue weighted by Crippen LogP contribution is -2.16. The van der Waals surface area contributed by atoms with Crippen LogP contribution in [0.15, 0.2) is 29.8 Å². The third-order valence-corrected chi connectivity index (χ3v) is 2.65. The van der Waals surface area contributed by atoms with Gasteiger partial charge in [0.1, 0.15) is 12.2 Å². The molecule has 1 aromatic rings. The summed E-state index contributed by atoms with van der Waals surface area (Å²) in [6, 6.07) is 8.73. The van der Waals surface area contributed by atoms with E-state index in [1.54, 1.807) is 24.3 Å². The van der Waals surface area contributed by atoms with E-state index >= 15 is 0 Å². The van der Waals surface area contributed by atoms with Crippen LogP contribution in [0.25, 0.3) is 6.08 Å². The molecule has 0 radical (unpaired) electrons. The van der Waals surface area contributed by atoms with Crippen LogP contribution in [-0.4, -0.2) is 31.6 Å². The van der Waals surface area contributed by atoms with Crippen molar-refractivity contribution in [2.75, 3.05) is 19.8 Å². The van der Waals surface area contributed by atoms with E-state index in [0.29, 0.717) is 17.7 Å². The van der Waals surface area contributed by atoms with Gasteiger partial charge in [0.25, 0.3) is 0 Å². The fourth-order valence-electron chi connectivity index (χ4n) is 1.60. The van der Waals surface area contributed by atoms with Crippen molar-refractivity contribution < 1.29 is 19.1 Å². The predicted molar refractivity (Wildman–Crippen MR) is 77.3 cm³/mol. The van der Waals surface area contributed by atoms with Crippen molar-refractivity contribution >= 4 is 17.8 Å². The number of ketones is 1. The van der Waals surface area contributed by atoms with Gasteiger partial charge in [-0.25, -0.2) is 4.79 Å². The van der Waals surface area contributed by atoms with E-state index in [9.17, 15) is 9.59 Å². The van der Waals surface area contributed by atoms with Crippen molar-refractivity contribution in [1.29, 1.82) is 5.26 Å². The van der Waals surface area contributed by atoms with Crippen LogP contribution in [-0.2, 0) is 19.1 Å². The molecule has 0 aromatic heterocycles. The van der Waals surface area contributed by atoms with Gasteiger partial charge in [-0.1, -0.05) is 18.2 Å². The SMILES string of the molecule is CCOCCOC(=O)C(=Cc1ccccc1C#N)C(C)=O. The van der Waals surface area contributed by atoms with Gasteiger partial charge in [0.2, 0.25) is 0 Å². The first kappa shape index (κ1) is 16.6. The lowest BCUT2D eigenvalue weighted by Gasteiger charge is -2.07. The molecule has 5 nitrogen and oxygen atoms in total. The Morgan fingerprint density at radius 2 is 2.00 bits per heavy atom. The Kier molecular flexibility index (Phi) is 6.85. The van der Waals surface area contributed by atoms with E-state index in [0.717, 1.165) is 0 Å². The van der Waals surface area contributed by atoms with Gasteiger partial charge >= 0.3 is 5.97 Å². The van der Waals surface area contributed by atoms with Crippen molar-refractivity contribution in [2.45, 2.75) is 13.8 Å². The Morgan fingerprint density at radius 1 is 1.29 bits per heavy atom. The molecule has 0 amide bonds. The number of ether oxygens (including phenoxy) is 2. The molecule has 1 aromatic carbocycles. The van der Waals surface area contributed by atoms with Crippen molar-refractivity contribution in [3.8, 4) is 6.07 Å². The number of Topliss-reactive ketones (excluding diaryl/α,β-unsaturated/α-hetero) is 1. The summed E-state index contributed by atoms with van der Waals surface area (Å²) in [5.74, 6) is -1.13. The zero-order valence-electron chi connectivity index (χ0n) is 12.1. The second kappa shape index (κ2) is 8.67. The Morgan fingerprint density at radius 3 is 2.62 bits per heavy atom. The van der Waals surface area contributed by atoms with Crippen LogP contribution in [0, 0.1) is 11.3 Å². The largest absolute Gasteiger partial charge is 0.460 e. The molecule has 0 fully saturated rings. The first-order chi connectivity index (χ1) is 10.1. The molecule has 0 saturated heterocycles. The summed E-state index contributed by atoms with van der Waals surface area (Å²) in [6.07, 6.45) is 1.38. The van der Waals surface area contributed by atoms with E-state index in [2.05, 4.69) is 0 Å². The van der Waals surface area contributed by atoms with Crippen LogP contribution in [0.2, 0.25) is 0 Å². The van der Waals surface area contributed by atoms with Crippen molar-refractivity contribution in [3.05, 3.63) is 41.0 Å². The van der Waals surface area contributed by atoms with Gasteiger partial charge in [0.15, 0.2) is 5.78 Å². The molecule has 0 saturated carbocycles. The molecule has 0 unspecified atom stereocenters. The van der Waals surface area contributed by atoms with Gasteiger partial charge in [0, 0.05) is 6.61 Å². The molecule has 0 atom stereocenters.